The molecule has 2 heterocycles. The van der Waals surface area contributed by atoms with E-state index in [-0.39, 0.29) is 12.5 Å². The van der Waals surface area contributed by atoms with E-state index < -0.39 is 11.6 Å². The molecule has 6 rings (SSSR count). The van der Waals surface area contributed by atoms with Crippen LogP contribution in [-0.2, 0) is 17.8 Å². The number of rotatable bonds is 8. The third-order valence-electron chi connectivity index (χ3n) is 9.04. The van der Waals surface area contributed by atoms with Gasteiger partial charge in [0.1, 0.15) is 11.9 Å². The number of piperidine rings is 1. The van der Waals surface area contributed by atoms with Gasteiger partial charge in [-0.1, -0.05) is 47.8 Å². The van der Waals surface area contributed by atoms with Crippen LogP contribution in [0.2, 0.25) is 0 Å². The Hall–Kier alpha value is -3.98. The number of nitrogens with zero attached hydrogens (tertiary/aromatic N) is 2. The molecular weight excluding hydrogens is 631 g/mol. The van der Waals surface area contributed by atoms with Gasteiger partial charge in [-0.15, -0.1) is 0 Å². The molecule has 7 nitrogen and oxygen atoms in total. The van der Waals surface area contributed by atoms with Crippen LogP contribution >= 0.6 is 11.9 Å². The number of anilines is 3. The summed E-state index contributed by atoms with van der Waals surface area (Å²) in [5, 5.41) is 22.1. The highest BCUT2D eigenvalue weighted by Gasteiger charge is 2.30. The topological polar surface area (TPSA) is 85.3 Å². The van der Waals surface area contributed by atoms with Gasteiger partial charge in [0.05, 0.1) is 24.3 Å². The Balaban J connectivity index is 0.000000874. The van der Waals surface area contributed by atoms with Crippen LogP contribution in [-0.4, -0.2) is 59.2 Å². The molecule has 2 aliphatic rings. The highest BCUT2D eigenvalue weighted by Crippen LogP contribution is 2.50. The number of aliphatic carboxylic acids is 1. The van der Waals surface area contributed by atoms with Crippen LogP contribution in [0, 0.1) is 20.8 Å². The molecule has 0 bridgehead atoms. The fourth-order valence-electron chi connectivity index (χ4n) is 6.66. The normalized spacial score (nSPS) is 14.8. The molecule has 1 saturated heterocycles. The SMILES string of the molecule is CC(C)(C)O.CSN1Cc2ccc(Nc3ccc(OC4CCN(C)CC4)cc3)cc2-c2c(C)c(-c3ccc(C)cc3)c(CC(=O)O)c(C)c21. The monoisotopic (exact) mass is 681 g/mol. The molecule has 260 valence electrons. The van der Waals surface area contributed by atoms with E-state index in [1.165, 1.54) is 22.3 Å². The number of ether oxygens (including phenoxy) is 1. The number of benzene rings is 4. The van der Waals surface area contributed by atoms with Gasteiger partial charge in [-0.2, -0.15) is 0 Å². The van der Waals surface area contributed by atoms with Crippen molar-refractivity contribution in [3.63, 3.8) is 0 Å². The van der Waals surface area contributed by atoms with Gasteiger partial charge in [0.2, 0.25) is 0 Å². The van der Waals surface area contributed by atoms with Crippen molar-refractivity contribution in [1.29, 1.82) is 0 Å². The summed E-state index contributed by atoms with van der Waals surface area (Å²) in [6, 6.07) is 23.3. The van der Waals surface area contributed by atoms with E-state index in [0.717, 1.165) is 83.1 Å². The van der Waals surface area contributed by atoms with Crippen molar-refractivity contribution in [3.05, 3.63) is 94.5 Å². The van der Waals surface area contributed by atoms with Gasteiger partial charge in [0, 0.05) is 36.3 Å². The van der Waals surface area contributed by atoms with E-state index in [0.29, 0.717) is 0 Å². The predicted molar refractivity (Wildman–Crippen MR) is 205 cm³/mol. The number of hydrogen-bond acceptors (Lipinski definition) is 7. The second kappa shape index (κ2) is 15.3. The first-order valence-electron chi connectivity index (χ1n) is 17.1. The number of carbonyl (C=O) groups is 1. The average Bonchev–Trinajstić information content (AvgIpc) is 3.04. The number of carboxylic acids is 1. The van der Waals surface area contributed by atoms with E-state index in [2.05, 4.69) is 115 Å². The molecule has 0 aliphatic carbocycles. The van der Waals surface area contributed by atoms with Gasteiger partial charge in [-0.3, -0.25) is 4.79 Å². The Bertz CT molecular complexity index is 1770. The van der Waals surface area contributed by atoms with Gasteiger partial charge in [-0.25, -0.2) is 0 Å². The summed E-state index contributed by atoms with van der Waals surface area (Å²) in [5.41, 5.74) is 12.5. The number of carboxylic acid groups (broad SMARTS) is 1. The van der Waals surface area contributed by atoms with E-state index >= 15 is 0 Å². The maximum absolute atomic E-state index is 12.1. The predicted octanol–water partition coefficient (Wildman–Crippen LogP) is 9.16. The molecule has 0 radical (unpaired) electrons. The van der Waals surface area contributed by atoms with Crippen molar-refractivity contribution in [2.75, 3.05) is 36.0 Å². The summed E-state index contributed by atoms with van der Waals surface area (Å²) in [4.78, 5) is 14.5. The minimum Gasteiger partial charge on any atom is -0.490 e. The number of aryl methyl sites for hydroxylation is 1. The number of likely N-dealkylation sites (tertiary alicyclic amines) is 1. The molecule has 4 aromatic carbocycles. The van der Waals surface area contributed by atoms with E-state index in [9.17, 15) is 9.90 Å². The summed E-state index contributed by atoms with van der Waals surface area (Å²) in [7, 11) is 2.16. The van der Waals surface area contributed by atoms with Crippen molar-refractivity contribution in [2.24, 2.45) is 0 Å². The molecule has 49 heavy (non-hydrogen) atoms. The molecule has 3 N–H and O–H groups in total. The van der Waals surface area contributed by atoms with Crippen molar-refractivity contribution < 1.29 is 19.7 Å². The molecule has 1 fully saturated rings. The second-order valence-corrected chi connectivity index (χ2v) is 15.1. The third kappa shape index (κ3) is 8.98. The number of aliphatic hydroxyl groups is 1. The lowest BCUT2D eigenvalue weighted by Gasteiger charge is -2.36. The van der Waals surface area contributed by atoms with E-state index in [1.54, 1.807) is 32.7 Å². The maximum Gasteiger partial charge on any atom is 0.307 e. The fourth-order valence-corrected chi connectivity index (χ4v) is 7.34. The Morgan fingerprint density at radius 1 is 0.918 bits per heavy atom. The molecule has 2 aliphatic heterocycles. The fraction of sp³-hybridized carbons (Fsp3) is 0.390. The standard InChI is InChI=1S/C37H41N3O3S.C4H10O/c1-23-6-8-26(9-7-23)35-25(3)36-33-20-29(38-28-12-14-30(15-13-28)43-31-16-18-39(4)19-17-31)11-10-27(33)22-40(44-5)37(36)24(2)32(35)21-34(41)42;1-4(2,3)5/h6-15,20,31,38H,16-19,21-22H2,1-5H3,(H,41,42);5H,1-3H3. The zero-order chi connectivity index (χ0) is 35.5. The summed E-state index contributed by atoms with van der Waals surface area (Å²) >= 11 is 1.68. The summed E-state index contributed by atoms with van der Waals surface area (Å²) in [6.45, 7) is 14.4. The maximum atomic E-state index is 12.1. The van der Waals surface area contributed by atoms with Crippen LogP contribution in [0.4, 0.5) is 17.1 Å². The van der Waals surface area contributed by atoms with Crippen molar-refractivity contribution in [1.82, 2.24) is 4.90 Å². The second-order valence-electron chi connectivity index (χ2n) is 14.3. The molecule has 0 spiro atoms. The summed E-state index contributed by atoms with van der Waals surface area (Å²) in [5.74, 6) is 0.0931. The van der Waals surface area contributed by atoms with Gasteiger partial charge in [0.15, 0.2) is 0 Å². The van der Waals surface area contributed by atoms with Gasteiger partial charge in [0.25, 0.3) is 0 Å². The van der Waals surface area contributed by atoms with Crippen LogP contribution in [0.1, 0.15) is 61.4 Å². The van der Waals surface area contributed by atoms with Crippen molar-refractivity contribution >= 4 is 35.0 Å². The summed E-state index contributed by atoms with van der Waals surface area (Å²) in [6.07, 6.45) is 4.47. The van der Waals surface area contributed by atoms with Gasteiger partial charge < -0.3 is 29.5 Å². The molecule has 0 aromatic heterocycles. The molecule has 8 heteroatoms. The average molecular weight is 682 g/mol. The van der Waals surface area contributed by atoms with Crippen molar-refractivity contribution in [2.45, 2.75) is 79.1 Å². The molecule has 0 atom stereocenters. The minimum absolute atomic E-state index is 0.0165. The van der Waals surface area contributed by atoms with Crippen molar-refractivity contribution in [3.8, 4) is 28.0 Å². The highest BCUT2D eigenvalue weighted by molar-refractivity contribution is 7.99. The lowest BCUT2D eigenvalue weighted by molar-refractivity contribution is -0.136. The molecule has 0 amide bonds. The first-order chi connectivity index (χ1) is 23.2. The Labute approximate surface area is 296 Å². The lowest BCUT2D eigenvalue weighted by Crippen LogP contribution is -2.35. The van der Waals surface area contributed by atoms with E-state index in [1.807, 2.05) is 0 Å². The number of hydrogen-bond donors (Lipinski definition) is 3. The number of fused-ring (bicyclic) bond motifs is 3. The number of nitrogens with one attached hydrogen (secondary N) is 1. The first-order valence-corrected chi connectivity index (χ1v) is 18.2. The Morgan fingerprint density at radius 2 is 1.53 bits per heavy atom. The van der Waals surface area contributed by atoms with Crippen LogP contribution in [0.15, 0.2) is 66.7 Å². The van der Waals surface area contributed by atoms with Crippen LogP contribution in [0.25, 0.3) is 22.3 Å². The largest absolute Gasteiger partial charge is 0.490 e. The van der Waals surface area contributed by atoms with Gasteiger partial charge in [-0.05, 0) is 137 Å². The minimum atomic E-state index is -0.818. The Kier molecular flexibility index (Phi) is 11.3. The van der Waals surface area contributed by atoms with Crippen LogP contribution in [0.3, 0.4) is 0 Å². The zero-order valence-electron chi connectivity index (χ0n) is 30.2. The smallest absolute Gasteiger partial charge is 0.307 e. The first kappa shape index (κ1) is 36.3. The molecule has 0 unspecified atom stereocenters. The molecule has 4 aromatic rings. The lowest BCUT2D eigenvalue weighted by atomic mass is 9.81. The van der Waals surface area contributed by atoms with Gasteiger partial charge >= 0.3 is 5.97 Å². The van der Waals surface area contributed by atoms with Crippen LogP contribution in [0.5, 0.6) is 5.75 Å². The quantitative estimate of drug-likeness (QED) is 0.159. The molecule has 0 saturated carbocycles. The molecular formula is C41H51N3O4S. The third-order valence-corrected chi connectivity index (χ3v) is 9.79. The van der Waals surface area contributed by atoms with Crippen LogP contribution < -0.4 is 14.4 Å². The Morgan fingerprint density at radius 3 is 2.12 bits per heavy atom. The zero-order valence-corrected chi connectivity index (χ0v) is 31.0. The summed E-state index contributed by atoms with van der Waals surface area (Å²) < 4.78 is 8.56. The van der Waals surface area contributed by atoms with E-state index in [4.69, 9.17) is 9.84 Å². The highest BCUT2D eigenvalue weighted by atomic mass is 32.2.